The van der Waals surface area contributed by atoms with Crippen LogP contribution in [0.4, 0.5) is 4.79 Å². The first-order valence-corrected chi connectivity index (χ1v) is 23.0. The van der Waals surface area contributed by atoms with Crippen LogP contribution in [0, 0.1) is 0 Å². The van der Waals surface area contributed by atoms with Crippen molar-refractivity contribution < 1.29 is 28.6 Å². The third kappa shape index (κ3) is 33.3. The SMILES string of the molecule is CCCCCC/C=C/CCCCCCCCCC(=O)OCC(C)OC(=O)CCCCCCCCCCC(CCCCCC)OC(=O)NCCC(C)N1CC1. The molecule has 1 rings (SSSR count). The highest BCUT2D eigenvalue weighted by Gasteiger charge is 2.23. The smallest absolute Gasteiger partial charge is 0.407 e. The van der Waals surface area contributed by atoms with Gasteiger partial charge in [-0.1, -0.05) is 135 Å². The van der Waals surface area contributed by atoms with Gasteiger partial charge in [-0.05, 0) is 84.5 Å². The van der Waals surface area contributed by atoms with Crippen LogP contribution < -0.4 is 5.32 Å². The average Bonchev–Trinajstić information content (AvgIpc) is 4.01. The van der Waals surface area contributed by atoms with Gasteiger partial charge in [0.2, 0.25) is 0 Å². The minimum atomic E-state index is -0.410. The maximum atomic E-state index is 12.4. The standard InChI is InChI=1S/C46H86N2O6/c1-5-7-9-11-12-13-14-15-16-17-18-19-23-26-30-34-44(49)52-40-42(4)53-45(50)35-31-27-24-21-20-22-25-29-33-43(32-28-10-8-6-2)54-46(51)47-37-36-41(3)48-38-39-48/h13-14,41-43H,5-12,15-40H2,1-4H3,(H,47,51)/b14-13+. The van der Waals surface area contributed by atoms with Gasteiger partial charge in [0.25, 0.3) is 0 Å². The van der Waals surface area contributed by atoms with Gasteiger partial charge < -0.3 is 19.5 Å². The van der Waals surface area contributed by atoms with Gasteiger partial charge in [-0.25, -0.2) is 4.79 Å². The zero-order valence-corrected chi connectivity index (χ0v) is 35.8. The van der Waals surface area contributed by atoms with Gasteiger partial charge in [0.05, 0.1) is 0 Å². The molecule has 0 aromatic carbocycles. The van der Waals surface area contributed by atoms with Crippen LogP contribution in [0.5, 0.6) is 0 Å². The van der Waals surface area contributed by atoms with Crippen LogP contribution in [0.1, 0.15) is 220 Å². The number of unbranched alkanes of at least 4 members (excludes halogenated alkanes) is 21. The summed E-state index contributed by atoms with van der Waals surface area (Å²) >= 11 is 0. The van der Waals surface area contributed by atoms with Crippen LogP contribution in [-0.4, -0.2) is 67.4 Å². The van der Waals surface area contributed by atoms with Crippen molar-refractivity contribution in [1.82, 2.24) is 10.2 Å². The first kappa shape index (κ1) is 49.9. The maximum Gasteiger partial charge on any atom is 0.407 e. The summed E-state index contributed by atoms with van der Waals surface area (Å²) in [6.45, 7) is 11.7. The molecule has 1 amide bonds. The van der Waals surface area contributed by atoms with E-state index in [0.29, 0.717) is 25.4 Å². The van der Waals surface area contributed by atoms with Gasteiger partial charge in [0.1, 0.15) is 18.8 Å². The van der Waals surface area contributed by atoms with Crippen molar-refractivity contribution in [3.8, 4) is 0 Å². The van der Waals surface area contributed by atoms with Crippen molar-refractivity contribution in [3.05, 3.63) is 12.2 Å². The van der Waals surface area contributed by atoms with Crippen molar-refractivity contribution in [3.63, 3.8) is 0 Å². The lowest BCUT2D eigenvalue weighted by atomic mass is 10.0. The number of hydrogen-bond donors (Lipinski definition) is 1. The molecule has 0 aromatic heterocycles. The van der Waals surface area contributed by atoms with Crippen molar-refractivity contribution in [1.29, 1.82) is 0 Å². The molecule has 3 unspecified atom stereocenters. The number of amides is 1. The van der Waals surface area contributed by atoms with E-state index in [2.05, 4.69) is 43.1 Å². The molecule has 316 valence electrons. The van der Waals surface area contributed by atoms with Gasteiger partial charge in [-0.2, -0.15) is 0 Å². The summed E-state index contributed by atoms with van der Waals surface area (Å²) in [6.07, 6.45) is 37.3. The fourth-order valence-electron chi connectivity index (χ4n) is 6.96. The quantitative estimate of drug-likeness (QED) is 0.0219. The molecule has 8 nitrogen and oxygen atoms in total. The highest BCUT2D eigenvalue weighted by Crippen LogP contribution is 2.18. The molecule has 1 fully saturated rings. The van der Waals surface area contributed by atoms with Crippen LogP contribution in [0.15, 0.2) is 12.2 Å². The second kappa shape index (κ2) is 36.5. The monoisotopic (exact) mass is 763 g/mol. The van der Waals surface area contributed by atoms with E-state index < -0.39 is 6.10 Å². The number of nitrogens with one attached hydrogen (secondary N) is 1. The van der Waals surface area contributed by atoms with E-state index in [1.165, 1.54) is 122 Å². The maximum absolute atomic E-state index is 12.4. The second-order valence-corrected chi connectivity index (χ2v) is 16.2. The molecule has 3 atom stereocenters. The van der Waals surface area contributed by atoms with E-state index in [1.54, 1.807) is 6.92 Å². The third-order valence-corrected chi connectivity index (χ3v) is 10.7. The average molecular weight is 763 g/mol. The summed E-state index contributed by atoms with van der Waals surface area (Å²) in [5.41, 5.74) is 0. The molecular formula is C46H86N2O6. The predicted molar refractivity (Wildman–Crippen MR) is 225 cm³/mol. The number of ether oxygens (including phenoxy) is 3. The topological polar surface area (TPSA) is 93.9 Å². The van der Waals surface area contributed by atoms with Crippen LogP contribution in [0.2, 0.25) is 0 Å². The van der Waals surface area contributed by atoms with Crippen molar-refractivity contribution in [2.75, 3.05) is 26.2 Å². The molecule has 1 aliphatic rings. The fourth-order valence-corrected chi connectivity index (χ4v) is 6.96. The molecule has 1 saturated heterocycles. The Morgan fingerprint density at radius 2 is 1.04 bits per heavy atom. The molecule has 1 aliphatic heterocycles. The summed E-state index contributed by atoms with van der Waals surface area (Å²) in [5.74, 6) is -0.400. The van der Waals surface area contributed by atoms with Crippen LogP contribution >= 0.6 is 0 Å². The number of carbonyl (C=O) groups excluding carboxylic acids is 3. The Balaban J connectivity index is 1.96. The van der Waals surface area contributed by atoms with Gasteiger partial charge in [-0.3, -0.25) is 14.5 Å². The molecule has 0 spiro atoms. The number of rotatable bonds is 39. The lowest BCUT2D eigenvalue weighted by Gasteiger charge is -2.19. The normalized spacial score (nSPS) is 14.5. The highest BCUT2D eigenvalue weighted by atomic mass is 16.6. The fraction of sp³-hybridized carbons (Fsp3) is 0.891. The molecule has 0 bridgehead atoms. The number of allylic oxidation sites excluding steroid dienone is 2. The van der Waals surface area contributed by atoms with Crippen molar-refractivity contribution >= 4 is 18.0 Å². The van der Waals surface area contributed by atoms with Gasteiger partial charge >= 0.3 is 18.0 Å². The first-order valence-electron chi connectivity index (χ1n) is 23.0. The molecule has 0 radical (unpaired) electrons. The predicted octanol–water partition coefficient (Wildman–Crippen LogP) is 12.6. The molecule has 1 heterocycles. The minimum absolute atomic E-state index is 0.0169. The molecule has 0 aromatic rings. The van der Waals surface area contributed by atoms with Crippen LogP contribution in [-0.2, 0) is 23.8 Å². The Morgan fingerprint density at radius 3 is 1.57 bits per heavy atom. The first-order chi connectivity index (χ1) is 26.3. The van der Waals surface area contributed by atoms with Gasteiger partial charge in [-0.15, -0.1) is 0 Å². The van der Waals surface area contributed by atoms with E-state index >= 15 is 0 Å². The number of esters is 2. The molecule has 54 heavy (non-hydrogen) atoms. The number of nitrogens with zero attached hydrogens (tertiary/aromatic N) is 1. The Morgan fingerprint density at radius 1 is 0.574 bits per heavy atom. The van der Waals surface area contributed by atoms with E-state index in [9.17, 15) is 14.4 Å². The van der Waals surface area contributed by atoms with E-state index in [1.807, 2.05) is 0 Å². The van der Waals surface area contributed by atoms with E-state index in [4.69, 9.17) is 14.2 Å². The molecule has 8 heteroatoms. The van der Waals surface area contributed by atoms with Gasteiger partial charge in [0.15, 0.2) is 0 Å². The van der Waals surface area contributed by atoms with Crippen LogP contribution in [0.3, 0.4) is 0 Å². The molecule has 1 N–H and O–H groups in total. The lowest BCUT2D eigenvalue weighted by Crippen LogP contribution is -2.32. The summed E-state index contributed by atoms with van der Waals surface area (Å²) in [7, 11) is 0. The molecule has 0 saturated carbocycles. The zero-order chi connectivity index (χ0) is 39.3. The third-order valence-electron chi connectivity index (χ3n) is 10.7. The Labute approximate surface area is 333 Å². The zero-order valence-electron chi connectivity index (χ0n) is 35.8. The minimum Gasteiger partial charge on any atom is -0.462 e. The number of hydrogen-bond acceptors (Lipinski definition) is 7. The molecular weight excluding hydrogens is 677 g/mol. The Kier molecular flexibility index (Phi) is 33.8. The van der Waals surface area contributed by atoms with Gasteiger partial charge in [0, 0.05) is 38.5 Å². The Hall–Kier alpha value is -2.09. The largest absolute Gasteiger partial charge is 0.462 e. The number of carbonyl (C=O) groups is 3. The molecule has 0 aliphatic carbocycles. The summed E-state index contributed by atoms with van der Waals surface area (Å²) < 4.78 is 16.7. The highest BCUT2D eigenvalue weighted by molar-refractivity contribution is 5.70. The summed E-state index contributed by atoms with van der Waals surface area (Å²) in [4.78, 5) is 39.2. The lowest BCUT2D eigenvalue weighted by molar-refractivity contribution is -0.158. The van der Waals surface area contributed by atoms with Crippen molar-refractivity contribution in [2.24, 2.45) is 0 Å². The second-order valence-electron chi connectivity index (χ2n) is 16.2. The number of alkyl carbamates (subject to hydrolysis) is 1. The van der Waals surface area contributed by atoms with Crippen molar-refractivity contribution in [2.45, 2.75) is 239 Å². The van der Waals surface area contributed by atoms with E-state index in [0.717, 1.165) is 70.6 Å². The Bertz CT molecular complexity index is 923. The summed E-state index contributed by atoms with van der Waals surface area (Å²) in [6, 6.07) is 0.530. The summed E-state index contributed by atoms with van der Waals surface area (Å²) in [5, 5.41) is 2.97. The van der Waals surface area contributed by atoms with E-state index in [-0.39, 0.29) is 30.7 Å². The van der Waals surface area contributed by atoms with Crippen LogP contribution in [0.25, 0.3) is 0 Å².